The van der Waals surface area contributed by atoms with Crippen molar-refractivity contribution >= 4 is 38.9 Å². The van der Waals surface area contributed by atoms with Gasteiger partial charge in [0.25, 0.3) is 0 Å². The lowest BCUT2D eigenvalue weighted by molar-refractivity contribution is 1.41. The molecular formula is C9H5BrClNS. The summed E-state index contributed by atoms with van der Waals surface area (Å²) in [6, 6.07) is 5.80. The normalized spacial score (nSPS) is 10.3. The predicted molar refractivity (Wildman–Crippen MR) is 60.3 cm³/mol. The van der Waals surface area contributed by atoms with Gasteiger partial charge in [-0.05, 0) is 28.1 Å². The zero-order chi connectivity index (χ0) is 9.26. The summed E-state index contributed by atoms with van der Waals surface area (Å²) in [5.41, 5.74) is 1.09. The fraction of sp³-hybridized carbons (Fsp3) is 0. The summed E-state index contributed by atoms with van der Waals surface area (Å²) in [5, 5.41) is 3.69. The maximum atomic E-state index is 5.88. The minimum absolute atomic E-state index is 0.723. The van der Waals surface area contributed by atoms with Crippen molar-refractivity contribution in [1.29, 1.82) is 0 Å². The van der Waals surface area contributed by atoms with Gasteiger partial charge in [-0.25, -0.2) is 4.98 Å². The van der Waals surface area contributed by atoms with Gasteiger partial charge in [0.2, 0.25) is 0 Å². The fourth-order valence-corrected chi connectivity index (χ4v) is 2.13. The Morgan fingerprint density at radius 3 is 2.85 bits per heavy atom. The van der Waals surface area contributed by atoms with Gasteiger partial charge in [0, 0.05) is 21.6 Å². The number of benzene rings is 1. The zero-order valence-electron chi connectivity index (χ0n) is 6.50. The van der Waals surface area contributed by atoms with Crippen molar-refractivity contribution in [3.8, 4) is 10.6 Å². The largest absolute Gasteiger partial charge is 0.245 e. The summed E-state index contributed by atoms with van der Waals surface area (Å²) in [6.45, 7) is 0. The van der Waals surface area contributed by atoms with E-state index in [0.29, 0.717) is 0 Å². The Morgan fingerprint density at radius 1 is 1.38 bits per heavy atom. The van der Waals surface area contributed by atoms with Gasteiger partial charge in [-0.15, -0.1) is 11.3 Å². The third-order valence-corrected chi connectivity index (χ3v) is 3.63. The first-order valence-corrected chi connectivity index (χ1v) is 5.67. The number of hydrogen-bond donors (Lipinski definition) is 0. The summed E-state index contributed by atoms with van der Waals surface area (Å²) >= 11 is 10.9. The number of thiazole rings is 1. The highest BCUT2D eigenvalue weighted by molar-refractivity contribution is 9.10. The maximum Gasteiger partial charge on any atom is 0.123 e. The summed E-state index contributed by atoms with van der Waals surface area (Å²) in [5.74, 6) is 0. The Morgan fingerprint density at radius 2 is 2.23 bits per heavy atom. The van der Waals surface area contributed by atoms with E-state index in [4.69, 9.17) is 11.6 Å². The number of aromatic nitrogens is 1. The van der Waals surface area contributed by atoms with Crippen molar-refractivity contribution in [1.82, 2.24) is 4.98 Å². The van der Waals surface area contributed by atoms with E-state index in [1.807, 2.05) is 23.6 Å². The Bertz CT molecular complexity index is 414. The molecule has 0 atom stereocenters. The molecule has 66 valence electrons. The molecule has 0 saturated heterocycles. The Hall–Kier alpha value is -0.380. The van der Waals surface area contributed by atoms with Gasteiger partial charge in [-0.2, -0.15) is 0 Å². The maximum absolute atomic E-state index is 5.88. The minimum atomic E-state index is 0.723. The molecule has 1 aromatic carbocycles. The second-order valence-electron chi connectivity index (χ2n) is 2.47. The first kappa shape index (κ1) is 9.19. The monoisotopic (exact) mass is 273 g/mol. The van der Waals surface area contributed by atoms with Crippen LogP contribution in [0.1, 0.15) is 0 Å². The topological polar surface area (TPSA) is 12.9 Å². The molecule has 2 rings (SSSR count). The SMILES string of the molecule is Clc1ccc(-c2nccs2)cc1Br. The molecule has 0 radical (unpaired) electrons. The predicted octanol–water partition coefficient (Wildman–Crippen LogP) is 4.23. The van der Waals surface area contributed by atoms with Crippen LogP contribution in [0, 0.1) is 0 Å². The molecule has 0 spiro atoms. The third kappa shape index (κ3) is 1.93. The van der Waals surface area contributed by atoms with Crippen LogP contribution in [-0.4, -0.2) is 4.98 Å². The molecule has 0 N–H and O–H groups in total. The van der Waals surface area contributed by atoms with Crippen LogP contribution in [0.25, 0.3) is 10.6 Å². The number of nitrogens with zero attached hydrogens (tertiary/aromatic N) is 1. The summed E-state index contributed by atoms with van der Waals surface area (Å²) in [6.07, 6.45) is 1.79. The Labute approximate surface area is 93.5 Å². The first-order chi connectivity index (χ1) is 6.27. The van der Waals surface area contributed by atoms with Crippen molar-refractivity contribution in [2.24, 2.45) is 0 Å². The van der Waals surface area contributed by atoms with Crippen LogP contribution in [0.5, 0.6) is 0 Å². The first-order valence-electron chi connectivity index (χ1n) is 3.62. The van der Waals surface area contributed by atoms with E-state index in [2.05, 4.69) is 20.9 Å². The standard InChI is InChI=1S/C9H5BrClNS/c10-7-5-6(1-2-8(7)11)9-12-3-4-13-9/h1-5H. The number of halogens is 2. The number of hydrogen-bond acceptors (Lipinski definition) is 2. The highest BCUT2D eigenvalue weighted by atomic mass is 79.9. The molecule has 2 aromatic rings. The van der Waals surface area contributed by atoms with E-state index in [1.54, 1.807) is 17.5 Å². The average Bonchev–Trinajstić information content (AvgIpc) is 2.62. The van der Waals surface area contributed by atoms with Crippen LogP contribution < -0.4 is 0 Å². The lowest BCUT2D eigenvalue weighted by Gasteiger charge is -1.98. The Kier molecular flexibility index (Phi) is 2.67. The third-order valence-electron chi connectivity index (χ3n) is 1.60. The Balaban J connectivity index is 2.49. The van der Waals surface area contributed by atoms with Crippen molar-refractivity contribution in [3.05, 3.63) is 39.3 Å². The van der Waals surface area contributed by atoms with Crippen molar-refractivity contribution < 1.29 is 0 Å². The molecule has 0 aliphatic rings. The fourth-order valence-electron chi connectivity index (χ4n) is 0.995. The van der Waals surface area contributed by atoms with Gasteiger partial charge in [-0.3, -0.25) is 0 Å². The summed E-state index contributed by atoms with van der Waals surface area (Å²) in [7, 11) is 0. The highest BCUT2D eigenvalue weighted by Gasteiger charge is 2.02. The summed E-state index contributed by atoms with van der Waals surface area (Å²) in [4.78, 5) is 4.21. The van der Waals surface area contributed by atoms with Gasteiger partial charge in [0.05, 0.1) is 5.02 Å². The molecule has 0 saturated carbocycles. The molecule has 0 amide bonds. The van der Waals surface area contributed by atoms with Gasteiger partial charge < -0.3 is 0 Å². The second kappa shape index (κ2) is 3.78. The van der Waals surface area contributed by atoms with Crippen molar-refractivity contribution in [3.63, 3.8) is 0 Å². The van der Waals surface area contributed by atoms with E-state index >= 15 is 0 Å². The van der Waals surface area contributed by atoms with Crippen molar-refractivity contribution in [2.75, 3.05) is 0 Å². The van der Waals surface area contributed by atoms with E-state index in [-0.39, 0.29) is 0 Å². The average molecular weight is 275 g/mol. The molecule has 1 nitrogen and oxygen atoms in total. The molecule has 0 fully saturated rings. The lowest BCUT2D eigenvalue weighted by Crippen LogP contribution is -1.76. The minimum Gasteiger partial charge on any atom is -0.245 e. The van der Waals surface area contributed by atoms with Crippen LogP contribution in [0.4, 0.5) is 0 Å². The molecular weight excluding hydrogens is 270 g/mol. The van der Waals surface area contributed by atoms with Crippen molar-refractivity contribution in [2.45, 2.75) is 0 Å². The van der Waals surface area contributed by atoms with E-state index in [9.17, 15) is 0 Å². The quantitative estimate of drug-likeness (QED) is 0.758. The second-order valence-corrected chi connectivity index (χ2v) is 4.62. The molecule has 0 aliphatic carbocycles. The van der Waals surface area contributed by atoms with E-state index < -0.39 is 0 Å². The molecule has 0 unspecified atom stereocenters. The molecule has 13 heavy (non-hydrogen) atoms. The van der Waals surface area contributed by atoms with Gasteiger partial charge in [0.15, 0.2) is 0 Å². The van der Waals surface area contributed by atoms with E-state index in [1.165, 1.54) is 0 Å². The lowest BCUT2D eigenvalue weighted by atomic mass is 10.2. The summed E-state index contributed by atoms with van der Waals surface area (Å²) < 4.78 is 0.905. The highest BCUT2D eigenvalue weighted by Crippen LogP contribution is 2.29. The van der Waals surface area contributed by atoms with Gasteiger partial charge >= 0.3 is 0 Å². The van der Waals surface area contributed by atoms with Crippen LogP contribution >= 0.6 is 38.9 Å². The number of rotatable bonds is 1. The van der Waals surface area contributed by atoms with Crippen LogP contribution in [0.15, 0.2) is 34.2 Å². The molecule has 0 bridgehead atoms. The zero-order valence-corrected chi connectivity index (χ0v) is 9.66. The molecule has 4 heteroatoms. The molecule has 1 heterocycles. The van der Waals surface area contributed by atoms with E-state index in [0.717, 1.165) is 20.1 Å². The van der Waals surface area contributed by atoms with Gasteiger partial charge in [-0.1, -0.05) is 17.7 Å². The molecule has 1 aromatic heterocycles. The van der Waals surface area contributed by atoms with Crippen LogP contribution in [0.2, 0.25) is 5.02 Å². The van der Waals surface area contributed by atoms with Crippen LogP contribution in [-0.2, 0) is 0 Å². The van der Waals surface area contributed by atoms with Crippen LogP contribution in [0.3, 0.4) is 0 Å². The van der Waals surface area contributed by atoms with Gasteiger partial charge in [0.1, 0.15) is 5.01 Å². The smallest absolute Gasteiger partial charge is 0.123 e. The molecule has 0 aliphatic heterocycles.